The van der Waals surface area contributed by atoms with Crippen LogP contribution in [0.2, 0.25) is 0 Å². The maximum Gasteiger partial charge on any atom is 0.336 e. The van der Waals surface area contributed by atoms with Crippen LogP contribution < -0.4 is 4.74 Å². The first kappa shape index (κ1) is 69.0. The molecule has 0 aromatic heterocycles. The van der Waals surface area contributed by atoms with Gasteiger partial charge in [-0.2, -0.15) is 8.78 Å². The van der Waals surface area contributed by atoms with Gasteiger partial charge in [-0.25, -0.2) is 22.8 Å². The first-order chi connectivity index (χ1) is 31.2. The zero-order valence-corrected chi connectivity index (χ0v) is 47.4. The number of carbonyl (C=O) groups is 2. The van der Waals surface area contributed by atoms with Gasteiger partial charge in [0.05, 0.1) is 6.61 Å². The zero-order chi connectivity index (χ0) is 53.8. The molecule has 3 atom stereocenters. The van der Waals surface area contributed by atoms with Crippen molar-refractivity contribution >= 4 is 27.9 Å². The number of ether oxygens (including phenoxy) is 2. The molecule has 0 spiro atoms. The van der Waals surface area contributed by atoms with Crippen molar-refractivity contribution in [2.24, 2.45) is 33.5 Å². The Bertz CT molecular complexity index is 1770. The van der Waals surface area contributed by atoms with Gasteiger partial charge in [-0.1, -0.05) is 213 Å². The number of rotatable bonds is 25. The summed E-state index contributed by atoms with van der Waals surface area (Å²) in [7, 11) is 0. The van der Waals surface area contributed by atoms with Crippen LogP contribution in [-0.4, -0.2) is 23.4 Å². The highest BCUT2D eigenvalue weighted by Crippen LogP contribution is 2.35. The molecule has 0 saturated heterocycles. The monoisotopic (exact) mass is 1030 g/mol. The Morgan fingerprint density at radius 2 is 0.882 bits per heavy atom. The predicted molar refractivity (Wildman–Crippen MR) is 284 cm³/mol. The third-order valence-corrected chi connectivity index (χ3v) is 13.9. The quantitative estimate of drug-likeness (QED) is 0.0143. The molecule has 0 saturated carbocycles. The average molecular weight is 1030 g/mol. The molecule has 0 amide bonds. The minimum atomic E-state index is -2.32. The largest absolute Gasteiger partial charge is 0.463 e. The summed E-state index contributed by atoms with van der Waals surface area (Å²) < 4.78 is 75.6. The summed E-state index contributed by atoms with van der Waals surface area (Å²) in [4.78, 5) is 23.6. The van der Waals surface area contributed by atoms with E-state index in [1.165, 1.54) is 49.0 Å². The fourth-order valence-corrected chi connectivity index (χ4v) is 6.85. The molecule has 4 nitrogen and oxygen atoms in total. The standard InChI is InChI=1S/C20H23F5O2.C16H28O2.C11H21Br.C11H22/c1-6-12(11(3)10-20(4,5)7-2)8-9-13(26)27-19-17(24)15(22)14(21)16(23)18(19)25;1-7-14(10-11-15(17)18-9-3)13(4)12-16(5,6)8-2;1-6-10(12)9(3)8-11(4,5)7-2;1-6-8-10(3)9-11(4,5)7-2/h8-9,12H,3,6-7,10H2,1-2,4-5H3;10-11,14H,4,7-9,12H2,1-3,5-6H3;10H,3,6-8H2,1-2,4-5H3;8H,6-7,9H2,1-5H3/b9-8+;11-10+;;. The number of allylic oxidation sites excluding steroid dienone is 7. The Balaban J connectivity index is -0.000000891. The van der Waals surface area contributed by atoms with E-state index in [0.717, 1.165) is 50.2 Å². The van der Waals surface area contributed by atoms with Crippen LogP contribution in [0.15, 0.2) is 72.4 Å². The van der Waals surface area contributed by atoms with Crippen molar-refractivity contribution in [2.75, 3.05) is 6.61 Å². The second kappa shape index (κ2) is 34.1. The third kappa shape index (κ3) is 29.0. The lowest BCUT2D eigenvalue weighted by atomic mass is 9.79. The van der Waals surface area contributed by atoms with Gasteiger partial charge in [-0.15, -0.1) is 0 Å². The lowest BCUT2D eigenvalue weighted by Crippen LogP contribution is -2.14. The molecule has 0 heterocycles. The number of halogens is 6. The van der Waals surface area contributed by atoms with Crippen molar-refractivity contribution < 1.29 is 41.0 Å². The molecule has 1 aromatic carbocycles. The normalized spacial score (nSPS) is 13.6. The molecular weight excluding hydrogens is 936 g/mol. The summed E-state index contributed by atoms with van der Waals surface area (Å²) in [5.74, 6) is -14.1. The second-order valence-electron chi connectivity index (χ2n) is 20.9. The minimum Gasteiger partial charge on any atom is -0.463 e. The van der Waals surface area contributed by atoms with E-state index < -0.39 is 40.8 Å². The van der Waals surface area contributed by atoms with Gasteiger partial charge >= 0.3 is 11.9 Å². The summed E-state index contributed by atoms with van der Waals surface area (Å²) in [5, 5.41) is 0. The van der Waals surface area contributed by atoms with E-state index in [0.29, 0.717) is 35.1 Å². The van der Waals surface area contributed by atoms with E-state index in [9.17, 15) is 31.5 Å². The maximum absolute atomic E-state index is 13.5. The Kier molecular flexibility index (Phi) is 34.6. The molecule has 0 aliphatic rings. The predicted octanol–water partition coefficient (Wildman–Crippen LogP) is 19.5. The lowest BCUT2D eigenvalue weighted by molar-refractivity contribution is -0.137. The highest BCUT2D eigenvalue weighted by Gasteiger charge is 2.29. The molecule has 0 N–H and O–H groups in total. The van der Waals surface area contributed by atoms with Crippen LogP contribution in [0.25, 0.3) is 0 Å². The number of hydrogen-bond donors (Lipinski definition) is 0. The fraction of sp³-hybridized carbons (Fsp3) is 0.655. The van der Waals surface area contributed by atoms with Gasteiger partial charge in [0.25, 0.3) is 0 Å². The van der Waals surface area contributed by atoms with Crippen molar-refractivity contribution in [2.45, 2.75) is 207 Å². The number of carbonyl (C=O) groups excluding carboxylic acids is 2. The molecule has 392 valence electrons. The Morgan fingerprint density at radius 3 is 1.21 bits per heavy atom. The summed E-state index contributed by atoms with van der Waals surface area (Å²) >= 11 is 3.62. The molecule has 0 bridgehead atoms. The van der Waals surface area contributed by atoms with Crippen LogP contribution in [0.1, 0.15) is 202 Å². The van der Waals surface area contributed by atoms with Gasteiger partial charge in [0.15, 0.2) is 0 Å². The Morgan fingerprint density at radius 1 is 0.544 bits per heavy atom. The molecular formula is C58H94BrF5O4. The molecule has 0 aliphatic carbocycles. The average Bonchev–Trinajstić information content (AvgIpc) is 3.26. The molecule has 1 aromatic rings. The Hall–Kier alpha value is -3.27. The number of esters is 2. The minimum absolute atomic E-state index is 0.0221. The molecule has 10 heteroatoms. The zero-order valence-electron chi connectivity index (χ0n) is 45.8. The summed E-state index contributed by atoms with van der Waals surface area (Å²) in [5.41, 5.74) is 6.16. The van der Waals surface area contributed by atoms with Crippen LogP contribution in [0.3, 0.4) is 0 Å². The number of hydrogen-bond acceptors (Lipinski definition) is 4. The molecule has 1 rings (SSSR count). The number of benzene rings is 1. The van der Waals surface area contributed by atoms with Crippen LogP contribution >= 0.6 is 15.9 Å². The number of alkyl halides is 1. The van der Waals surface area contributed by atoms with Gasteiger partial charge in [-0.05, 0) is 98.7 Å². The summed E-state index contributed by atoms with van der Waals surface area (Å²) in [6, 6.07) is 0. The topological polar surface area (TPSA) is 52.6 Å². The van der Waals surface area contributed by atoms with Gasteiger partial charge in [0.1, 0.15) is 0 Å². The van der Waals surface area contributed by atoms with Gasteiger partial charge in [0.2, 0.25) is 34.8 Å². The summed E-state index contributed by atoms with van der Waals surface area (Å²) in [6.07, 6.45) is 20.6. The first-order valence-corrected chi connectivity index (χ1v) is 25.8. The molecule has 3 unspecified atom stereocenters. The van der Waals surface area contributed by atoms with Crippen molar-refractivity contribution in [1.82, 2.24) is 0 Å². The van der Waals surface area contributed by atoms with E-state index in [1.54, 1.807) is 5.57 Å². The van der Waals surface area contributed by atoms with Crippen LogP contribution in [0, 0.1) is 62.6 Å². The van der Waals surface area contributed by atoms with Crippen molar-refractivity contribution in [3.63, 3.8) is 0 Å². The van der Waals surface area contributed by atoms with Crippen LogP contribution in [-0.2, 0) is 14.3 Å². The SMILES string of the molecule is C=C(CC(C)(C)CC)C(/C=C/C(=O)OCC)CC.C=C(CC(C)(C)CC)C(/C=C/C(=O)Oc1c(F)c(F)c(F)c(F)c1F)CC.C=C(CC(C)(C)CC)C(Br)CC.CCC=C(C)CC(C)(C)CC. The van der Waals surface area contributed by atoms with E-state index in [2.05, 4.69) is 150 Å². The smallest absolute Gasteiger partial charge is 0.336 e. The van der Waals surface area contributed by atoms with E-state index in [1.807, 2.05) is 26.8 Å². The second-order valence-corrected chi connectivity index (χ2v) is 22.0. The van der Waals surface area contributed by atoms with E-state index in [4.69, 9.17) is 4.74 Å². The highest BCUT2D eigenvalue weighted by molar-refractivity contribution is 9.09. The summed E-state index contributed by atoms with van der Waals surface area (Å²) in [6.45, 7) is 51.8. The molecule has 68 heavy (non-hydrogen) atoms. The first-order valence-electron chi connectivity index (χ1n) is 24.8. The van der Waals surface area contributed by atoms with Crippen molar-refractivity contribution in [3.05, 3.63) is 101 Å². The van der Waals surface area contributed by atoms with Gasteiger partial charge < -0.3 is 9.47 Å². The van der Waals surface area contributed by atoms with E-state index in [-0.39, 0.29) is 28.6 Å². The van der Waals surface area contributed by atoms with Crippen molar-refractivity contribution in [3.8, 4) is 5.75 Å². The maximum atomic E-state index is 13.5. The third-order valence-electron chi connectivity index (χ3n) is 12.6. The van der Waals surface area contributed by atoms with Crippen LogP contribution in [0.5, 0.6) is 5.75 Å². The lowest BCUT2D eigenvalue weighted by Gasteiger charge is -2.26. The molecule has 0 radical (unpaired) electrons. The molecule has 0 aliphatic heterocycles. The van der Waals surface area contributed by atoms with Gasteiger partial charge in [0, 0.05) is 17.0 Å². The van der Waals surface area contributed by atoms with Gasteiger partial charge in [-0.3, -0.25) is 0 Å². The van der Waals surface area contributed by atoms with Crippen molar-refractivity contribution in [1.29, 1.82) is 0 Å². The van der Waals surface area contributed by atoms with Crippen LogP contribution in [0.4, 0.5) is 22.0 Å². The Labute approximate surface area is 421 Å². The molecule has 0 fully saturated rings. The highest BCUT2D eigenvalue weighted by atomic mass is 79.9. The fourth-order valence-electron chi connectivity index (χ4n) is 6.69. The van der Waals surface area contributed by atoms with E-state index >= 15 is 0 Å².